The van der Waals surface area contributed by atoms with Crippen LogP contribution in [0, 0.1) is 17.2 Å². The quantitative estimate of drug-likeness (QED) is 0.784. The molecule has 1 aliphatic carbocycles. The van der Waals surface area contributed by atoms with Crippen molar-refractivity contribution in [1.82, 2.24) is 4.98 Å². The van der Waals surface area contributed by atoms with E-state index in [9.17, 15) is 0 Å². The molecule has 0 aliphatic heterocycles. The molecule has 1 atom stereocenters. The van der Waals surface area contributed by atoms with Gasteiger partial charge in [0.15, 0.2) is 0 Å². The molecule has 14 heavy (non-hydrogen) atoms. The van der Waals surface area contributed by atoms with Crippen molar-refractivity contribution in [3.05, 3.63) is 29.6 Å². The van der Waals surface area contributed by atoms with Crippen molar-refractivity contribution in [3.63, 3.8) is 0 Å². The molecular weight excluding hydrogens is 174 g/mol. The van der Waals surface area contributed by atoms with Crippen LogP contribution in [0.3, 0.4) is 0 Å². The Kier molecular flexibility index (Phi) is 2.47. The topological polar surface area (TPSA) is 62.7 Å². The Morgan fingerprint density at radius 1 is 1.57 bits per heavy atom. The summed E-state index contributed by atoms with van der Waals surface area (Å²) in [5.74, 6) is 0.789. The molecule has 1 heterocycles. The summed E-state index contributed by atoms with van der Waals surface area (Å²) < 4.78 is 0. The molecule has 0 unspecified atom stereocenters. The molecule has 3 heteroatoms. The van der Waals surface area contributed by atoms with Gasteiger partial charge in [0.25, 0.3) is 0 Å². The van der Waals surface area contributed by atoms with Gasteiger partial charge in [0.05, 0.1) is 5.69 Å². The highest BCUT2D eigenvalue weighted by Gasteiger charge is 2.24. The van der Waals surface area contributed by atoms with Gasteiger partial charge >= 0.3 is 0 Å². The van der Waals surface area contributed by atoms with Crippen LogP contribution in [-0.4, -0.2) is 4.98 Å². The van der Waals surface area contributed by atoms with Gasteiger partial charge in [-0.1, -0.05) is 18.9 Å². The maximum absolute atomic E-state index is 8.68. The molecular formula is C11H13N3. The summed E-state index contributed by atoms with van der Waals surface area (Å²) in [6.07, 6.45) is 3.60. The van der Waals surface area contributed by atoms with Crippen LogP contribution in [0.25, 0.3) is 0 Å². The van der Waals surface area contributed by atoms with Gasteiger partial charge in [0.2, 0.25) is 0 Å². The molecule has 2 rings (SSSR count). The first kappa shape index (κ1) is 9.17. The molecule has 3 nitrogen and oxygen atoms in total. The van der Waals surface area contributed by atoms with E-state index >= 15 is 0 Å². The van der Waals surface area contributed by atoms with Crippen molar-refractivity contribution in [2.24, 2.45) is 11.7 Å². The Hall–Kier alpha value is -1.40. The molecule has 0 amide bonds. The van der Waals surface area contributed by atoms with Crippen LogP contribution in [0.2, 0.25) is 0 Å². The lowest BCUT2D eigenvalue weighted by Crippen LogP contribution is -2.13. The fourth-order valence-electron chi connectivity index (χ4n) is 1.55. The van der Waals surface area contributed by atoms with E-state index in [1.165, 1.54) is 12.8 Å². The summed E-state index contributed by atoms with van der Waals surface area (Å²) in [4.78, 5) is 4.19. The van der Waals surface area contributed by atoms with E-state index in [1.807, 2.05) is 18.2 Å². The zero-order chi connectivity index (χ0) is 9.97. The molecule has 1 fully saturated rings. The van der Waals surface area contributed by atoms with Crippen LogP contribution < -0.4 is 5.73 Å². The molecule has 0 radical (unpaired) electrons. The smallest absolute Gasteiger partial charge is 0.140 e. The Morgan fingerprint density at radius 2 is 2.36 bits per heavy atom. The van der Waals surface area contributed by atoms with E-state index in [2.05, 4.69) is 4.98 Å². The highest BCUT2D eigenvalue weighted by atomic mass is 14.8. The maximum atomic E-state index is 8.68. The third-order valence-electron chi connectivity index (χ3n) is 2.55. The minimum atomic E-state index is -0.00389. The second kappa shape index (κ2) is 3.77. The number of rotatable bonds is 3. The predicted octanol–water partition coefficient (Wildman–Crippen LogP) is 1.75. The SMILES string of the molecule is N#Cc1cccc([C@@H](N)CC2CC2)n1. The normalized spacial score (nSPS) is 17.4. The zero-order valence-corrected chi connectivity index (χ0v) is 7.98. The molecule has 1 aliphatic rings. The first-order valence-electron chi connectivity index (χ1n) is 4.92. The van der Waals surface area contributed by atoms with Crippen LogP contribution in [-0.2, 0) is 0 Å². The van der Waals surface area contributed by atoms with Gasteiger partial charge in [-0.15, -0.1) is 0 Å². The Balaban J connectivity index is 2.09. The average Bonchev–Trinajstić information content (AvgIpc) is 3.02. The number of nitriles is 1. The van der Waals surface area contributed by atoms with Crippen molar-refractivity contribution in [2.45, 2.75) is 25.3 Å². The van der Waals surface area contributed by atoms with Gasteiger partial charge in [-0.25, -0.2) is 4.98 Å². The minimum Gasteiger partial charge on any atom is -0.323 e. The number of hydrogen-bond acceptors (Lipinski definition) is 3. The molecule has 0 saturated heterocycles. The van der Waals surface area contributed by atoms with Crippen molar-refractivity contribution in [3.8, 4) is 6.07 Å². The second-order valence-corrected chi connectivity index (χ2v) is 3.85. The van der Waals surface area contributed by atoms with Crippen molar-refractivity contribution >= 4 is 0 Å². The second-order valence-electron chi connectivity index (χ2n) is 3.85. The van der Waals surface area contributed by atoms with Gasteiger partial charge in [-0.05, 0) is 24.5 Å². The standard InChI is InChI=1S/C11H13N3/c12-7-9-2-1-3-11(14-9)10(13)6-8-4-5-8/h1-3,8,10H,4-6,13H2/t10-/m0/s1. The third kappa shape index (κ3) is 2.09. The van der Waals surface area contributed by atoms with Gasteiger partial charge in [0, 0.05) is 6.04 Å². The average molecular weight is 187 g/mol. The van der Waals surface area contributed by atoms with Crippen molar-refractivity contribution in [1.29, 1.82) is 5.26 Å². The summed E-state index contributed by atoms with van der Waals surface area (Å²) >= 11 is 0. The van der Waals surface area contributed by atoms with E-state index in [0.29, 0.717) is 5.69 Å². The summed E-state index contributed by atoms with van der Waals surface area (Å²) in [6, 6.07) is 7.46. The van der Waals surface area contributed by atoms with Crippen LogP contribution in [0.1, 0.15) is 36.7 Å². The van der Waals surface area contributed by atoms with Crippen LogP contribution >= 0.6 is 0 Å². The van der Waals surface area contributed by atoms with E-state index in [4.69, 9.17) is 11.0 Å². The highest BCUT2D eigenvalue weighted by molar-refractivity contribution is 5.23. The van der Waals surface area contributed by atoms with Crippen LogP contribution in [0.5, 0.6) is 0 Å². The van der Waals surface area contributed by atoms with Crippen LogP contribution in [0.15, 0.2) is 18.2 Å². The fraction of sp³-hybridized carbons (Fsp3) is 0.455. The molecule has 1 saturated carbocycles. The number of hydrogen-bond donors (Lipinski definition) is 1. The van der Waals surface area contributed by atoms with Crippen molar-refractivity contribution in [2.75, 3.05) is 0 Å². The minimum absolute atomic E-state index is 0.00389. The summed E-state index contributed by atoms with van der Waals surface area (Å²) in [5, 5.41) is 8.68. The van der Waals surface area contributed by atoms with Crippen LogP contribution in [0.4, 0.5) is 0 Å². The van der Waals surface area contributed by atoms with Gasteiger partial charge < -0.3 is 5.73 Å². The molecule has 1 aromatic heterocycles. The lowest BCUT2D eigenvalue weighted by Gasteiger charge is -2.09. The maximum Gasteiger partial charge on any atom is 0.140 e. The summed E-state index contributed by atoms with van der Waals surface area (Å²) in [7, 11) is 0. The number of aromatic nitrogens is 1. The lowest BCUT2D eigenvalue weighted by atomic mass is 10.1. The molecule has 0 bridgehead atoms. The summed E-state index contributed by atoms with van der Waals surface area (Å²) in [5.41, 5.74) is 7.28. The van der Waals surface area contributed by atoms with Gasteiger partial charge in [-0.2, -0.15) is 5.26 Å². The van der Waals surface area contributed by atoms with E-state index in [0.717, 1.165) is 18.0 Å². The summed E-state index contributed by atoms with van der Waals surface area (Å²) in [6.45, 7) is 0. The fourth-order valence-corrected chi connectivity index (χ4v) is 1.55. The molecule has 0 aromatic carbocycles. The highest BCUT2D eigenvalue weighted by Crippen LogP contribution is 2.36. The molecule has 1 aromatic rings. The van der Waals surface area contributed by atoms with Gasteiger partial charge in [-0.3, -0.25) is 0 Å². The van der Waals surface area contributed by atoms with Gasteiger partial charge in [0.1, 0.15) is 11.8 Å². The Labute approximate surface area is 83.6 Å². The van der Waals surface area contributed by atoms with E-state index < -0.39 is 0 Å². The number of nitrogens with zero attached hydrogens (tertiary/aromatic N) is 2. The number of pyridine rings is 1. The van der Waals surface area contributed by atoms with E-state index in [-0.39, 0.29) is 6.04 Å². The first-order valence-corrected chi connectivity index (χ1v) is 4.92. The third-order valence-corrected chi connectivity index (χ3v) is 2.55. The van der Waals surface area contributed by atoms with Crippen molar-refractivity contribution < 1.29 is 0 Å². The lowest BCUT2D eigenvalue weighted by molar-refractivity contribution is 0.583. The largest absolute Gasteiger partial charge is 0.323 e. The molecule has 0 spiro atoms. The van der Waals surface area contributed by atoms with E-state index in [1.54, 1.807) is 6.07 Å². The number of nitrogens with two attached hydrogens (primary N) is 1. The Morgan fingerprint density at radius 3 is 3.00 bits per heavy atom. The zero-order valence-electron chi connectivity index (χ0n) is 7.98. The molecule has 2 N–H and O–H groups in total. The predicted molar refractivity (Wildman–Crippen MR) is 53.2 cm³/mol. The first-order chi connectivity index (χ1) is 6.79. The monoisotopic (exact) mass is 187 g/mol. The Bertz CT molecular complexity index is 363. The molecule has 72 valence electrons.